The molecule has 1 aliphatic carbocycles. The lowest BCUT2D eigenvalue weighted by atomic mass is 9.76. The van der Waals surface area contributed by atoms with Crippen molar-refractivity contribution in [3.05, 3.63) is 143 Å². The normalized spacial score (nSPS) is 17.4. The predicted octanol–water partition coefficient (Wildman–Crippen LogP) is 10.4. The highest BCUT2D eigenvalue weighted by Crippen LogP contribution is 2.58. The Kier molecular flexibility index (Phi) is 7.10. The first-order chi connectivity index (χ1) is 24.2. The largest absolute Gasteiger partial charge is 0.497 e. The maximum atomic E-state index is 13.5. The van der Waals surface area contributed by atoms with Crippen LogP contribution in [0.3, 0.4) is 0 Å². The fourth-order valence-corrected chi connectivity index (χ4v) is 7.34. The zero-order valence-corrected chi connectivity index (χ0v) is 27.3. The van der Waals surface area contributed by atoms with Crippen LogP contribution in [0.2, 0.25) is 0 Å². The Morgan fingerprint density at radius 1 is 0.667 bits per heavy atom. The lowest BCUT2D eigenvalue weighted by Gasteiger charge is -2.38. The van der Waals surface area contributed by atoms with Gasteiger partial charge in [-0.1, -0.05) is 105 Å². The summed E-state index contributed by atoms with van der Waals surface area (Å²) < 4.78 is 93.8. The number of rotatable bonds is 4. The average Bonchev–Trinajstić information content (AvgIpc) is 3.37. The van der Waals surface area contributed by atoms with Crippen LogP contribution in [0, 0.1) is 0 Å². The Hall–Kier alpha value is -5.71. The van der Waals surface area contributed by atoms with E-state index in [1.807, 2.05) is 54.6 Å². The summed E-state index contributed by atoms with van der Waals surface area (Å²) in [5.74, 6) is -3.36. The van der Waals surface area contributed by atoms with Gasteiger partial charge in [0.2, 0.25) is 11.6 Å². The van der Waals surface area contributed by atoms with E-state index < -0.39 is 35.4 Å². The first-order valence-electron chi connectivity index (χ1n) is 16.0. The number of fused-ring (bicyclic) bond motifs is 8. The molecular weight excluding hydrogens is 668 g/mol. The van der Waals surface area contributed by atoms with Crippen molar-refractivity contribution in [1.29, 1.82) is 0 Å². The van der Waals surface area contributed by atoms with Gasteiger partial charge >= 0.3 is 12.4 Å². The summed E-state index contributed by atoms with van der Waals surface area (Å²) >= 11 is 0. The maximum absolute atomic E-state index is 13.5. The van der Waals surface area contributed by atoms with E-state index in [1.54, 1.807) is 31.4 Å². The number of hydrogen-bond donors (Lipinski definition) is 0. The molecule has 11 heteroatoms. The third-order valence-corrected chi connectivity index (χ3v) is 9.68. The molecule has 1 unspecified atom stereocenters. The van der Waals surface area contributed by atoms with Crippen LogP contribution in [-0.4, -0.2) is 22.1 Å². The van der Waals surface area contributed by atoms with Crippen molar-refractivity contribution in [2.45, 2.75) is 37.2 Å². The Bertz CT molecular complexity index is 2350. The molecule has 5 nitrogen and oxygen atoms in total. The van der Waals surface area contributed by atoms with Crippen LogP contribution in [0.15, 0.2) is 103 Å². The first-order valence-corrected chi connectivity index (χ1v) is 16.0. The second-order valence-electron chi connectivity index (χ2n) is 13.0. The van der Waals surface area contributed by atoms with Gasteiger partial charge in [0.05, 0.1) is 7.11 Å². The summed E-state index contributed by atoms with van der Waals surface area (Å²) in [4.78, 5) is 9.33. The molecule has 1 atom stereocenters. The van der Waals surface area contributed by atoms with E-state index in [4.69, 9.17) is 9.47 Å². The van der Waals surface area contributed by atoms with Crippen LogP contribution >= 0.6 is 0 Å². The van der Waals surface area contributed by atoms with Gasteiger partial charge in [0.1, 0.15) is 11.5 Å². The smallest absolute Gasteiger partial charge is 0.451 e. The minimum absolute atomic E-state index is 0.0648. The average molecular weight is 696 g/mol. The van der Waals surface area contributed by atoms with E-state index in [-0.39, 0.29) is 11.0 Å². The molecule has 5 aromatic carbocycles. The van der Waals surface area contributed by atoms with E-state index in [0.29, 0.717) is 22.6 Å². The van der Waals surface area contributed by atoms with E-state index in [0.717, 1.165) is 33.0 Å². The molecule has 0 radical (unpaired) electrons. The molecule has 8 rings (SSSR count). The molecule has 1 aromatic heterocycles. The third kappa shape index (κ3) is 5.05. The number of benzene rings is 5. The molecule has 0 saturated heterocycles. The van der Waals surface area contributed by atoms with Crippen molar-refractivity contribution in [1.82, 2.24) is 15.0 Å². The molecule has 0 amide bonds. The molecule has 0 spiro atoms. The van der Waals surface area contributed by atoms with Crippen LogP contribution in [0.4, 0.5) is 26.3 Å². The number of alkyl halides is 6. The Morgan fingerprint density at radius 2 is 1.24 bits per heavy atom. The predicted molar refractivity (Wildman–Crippen MR) is 180 cm³/mol. The van der Waals surface area contributed by atoms with Gasteiger partial charge < -0.3 is 9.47 Å². The molecule has 1 aliphatic heterocycles. The SMILES string of the molecule is COc1ccc(C2(c3ccc(-c4nc(C(F)(F)F)nc(C(F)(F)F)n4)cc3)C=Cc3c4c(c5ccccc5c3O2)-c2ccccc2C4(C)C)cc1. The monoisotopic (exact) mass is 695 g/mol. The lowest BCUT2D eigenvalue weighted by molar-refractivity contribution is -0.155. The molecule has 256 valence electrons. The minimum atomic E-state index is -5.22. The Balaban J connectivity index is 1.32. The molecule has 0 N–H and O–H groups in total. The van der Waals surface area contributed by atoms with Gasteiger partial charge in [-0.15, -0.1) is 0 Å². The fourth-order valence-electron chi connectivity index (χ4n) is 7.34. The zero-order chi connectivity index (χ0) is 35.9. The van der Waals surface area contributed by atoms with E-state index in [9.17, 15) is 26.3 Å². The number of nitrogens with zero attached hydrogens (tertiary/aromatic N) is 3. The molecule has 0 bridgehead atoms. The third-order valence-electron chi connectivity index (χ3n) is 9.68. The first kappa shape index (κ1) is 32.5. The molecular formula is C40H27F6N3O2. The number of hydrogen-bond acceptors (Lipinski definition) is 5. The second-order valence-corrected chi connectivity index (χ2v) is 13.0. The van der Waals surface area contributed by atoms with Crippen molar-refractivity contribution in [3.8, 4) is 34.0 Å². The quantitative estimate of drug-likeness (QED) is 0.172. The lowest BCUT2D eigenvalue weighted by Crippen LogP contribution is -2.35. The zero-order valence-electron chi connectivity index (χ0n) is 27.3. The fraction of sp³-hybridized carbons (Fsp3) is 0.175. The van der Waals surface area contributed by atoms with Crippen LogP contribution in [0.5, 0.6) is 11.5 Å². The molecule has 51 heavy (non-hydrogen) atoms. The van der Waals surface area contributed by atoms with Gasteiger partial charge in [-0.3, -0.25) is 0 Å². The van der Waals surface area contributed by atoms with Gasteiger partial charge in [-0.25, -0.2) is 15.0 Å². The summed E-state index contributed by atoms with van der Waals surface area (Å²) in [6, 6.07) is 29.6. The minimum Gasteiger partial charge on any atom is -0.497 e. The number of aromatic nitrogens is 3. The highest BCUT2D eigenvalue weighted by molar-refractivity contribution is 6.08. The van der Waals surface area contributed by atoms with Crippen LogP contribution in [0.1, 0.15) is 53.3 Å². The molecule has 2 aliphatic rings. The molecule has 0 saturated carbocycles. The van der Waals surface area contributed by atoms with E-state index in [1.165, 1.54) is 17.7 Å². The van der Waals surface area contributed by atoms with Gasteiger partial charge in [0.25, 0.3) is 0 Å². The Morgan fingerprint density at radius 3 is 1.84 bits per heavy atom. The summed E-state index contributed by atoms with van der Waals surface area (Å²) in [6.45, 7) is 4.39. The second kappa shape index (κ2) is 11.1. The summed E-state index contributed by atoms with van der Waals surface area (Å²) in [7, 11) is 1.55. The van der Waals surface area contributed by atoms with E-state index >= 15 is 0 Å². The standard InChI is InChI=1S/C40H27F6N3O2/c1-37(2)30-11-7-6-10-28(30)31-26-8-4-5-9-27(26)33-29(32(31)37)20-21-38(51-33,24-16-18-25(50-3)19-17-24)23-14-12-22(13-15-23)34-47-35(39(41,42)43)49-36(48-34)40(44,45)46/h4-21H,1-3H3. The molecule has 2 heterocycles. The molecule has 0 fully saturated rings. The number of halogens is 6. The van der Waals surface area contributed by atoms with Gasteiger partial charge in [-0.05, 0) is 45.8 Å². The highest BCUT2D eigenvalue weighted by atomic mass is 19.4. The maximum Gasteiger partial charge on any atom is 0.451 e. The summed E-state index contributed by atoms with van der Waals surface area (Å²) in [5, 5.41) is 1.91. The van der Waals surface area contributed by atoms with E-state index in [2.05, 4.69) is 47.0 Å². The summed E-state index contributed by atoms with van der Waals surface area (Å²) in [5.41, 5.74) is 5.15. The topological polar surface area (TPSA) is 57.1 Å². The van der Waals surface area contributed by atoms with Gasteiger partial charge in [0, 0.05) is 33.1 Å². The van der Waals surface area contributed by atoms with Crippen molar-refractivity contribution in [2.24, 2.45) is 0 Å². The van der Waals surface area contributed by atoms with Crippen molar-refractivity contribution < 1.29 is 35.8 Å². The van der Waals surface area contributed by atoms with Crippen molar-refractivity contribution in [3.63, 3.8) is 0 Å². The van der Waals surface area contributed by atoms with Crippen molar-refractivity contribution in [2.75, 3.05) is 7.11 Å². The van der Waals surface area contributed by atoms with Gasteiger partial charge in [0.15, 0.2) is 11.4 Å². The summed E-state index contributed by atoms with van der Waals surface area (Å²) in [6.07, 6.45) is -6.45. The van der Waals surface area contributed by atoms with Gasteiger partial charge in [-0.2, -0.15) is 26.3 Å². The number of ether oxygens (including phenoxy) is 2. The van der Waals surface area contributed by atoms with Crippen LogP contribution in [0.25, 0.3) is 39.4 Å². The highest BCUT2D eigenvalue weighted by Gasteiger charge is 2.45. The molecule has 6 aromatic rings. The van der Waals surface area contributed by atoms with Crippen molar-refractivity contribution >= 4 is 16.8 Å². The van der Waals surface area contributed by atoms with Crippen LogP contribution < -0.4 is 9.47 Å². The Labute approximate surface area is 288 Å². The number of methoxy groups -OCH3 is 1. The van der Waals surface area contributed by atoms with Crippen LogP contribution in [-0.2, 0) is 23.4 Å².